The summed E-state index contributed by atoms with van der Waals surface area (Å²) in [6.45, 7) is -0.262. The van der Waals surface area contributed by atoms with Gasteiger partial charge >= 0.3 is 5.97 Å². The maximum absolute atomic E-state index is 12.3. The van der Waals surface area contributed by atoms with Crippen molar-refractivity contribution in [3.05, 3.63) is 33.8 Å². The largest absolute Gasteiger partial charge is 0.452 e. The topological polar surface area (TPSA) is 55.4 Å². The molecule has 4 saturated carbocycles. The molecule has 1 N–H and O–H groups in total. The quantitative estimate of drug-likeness (QED) is 0.798. The summed E-state index contributed by atoms with van der Waals surface area (Å²) in [6.07, 6.45) is 6.33. The molecule has 0 aliphatic heterocycles. The van der Waals surface area contributed by atoms with Crippen LogP contribution >= 0.6 is 23.2 Å². The molecule has 4 aliphatic carbocycles. The van der Waals surface area contributed by atoms with E-state index < -0.39 is 5.97 Å². The van der Waals surface area contributed by atoms with Crippen molar-refractivity contribution in [2.45, 2.75) is 38.1 Å². The number of hydrogen-bond acceptors (Lipinski definition) is 3. The zero-order valence-electron chi connectivity index (χ0n) is 13.8. The van der Waals surface area contributed by atoms with Crippen LogP contribution in [0, 0.1) is 23.7 Å². The zero-order valence-corrected chi connectivity index (χ0v) is 15.4. The van der Waals surface area contributed by atoms with Crippen LogP contribution in [0.2, 0.25) is 10.0 Å². The van der Waals surface area contributed by atoms with Crippen LogP contribution < -0.4 is 5.32 Å². The van der Waals surface area contributed by atoms with E-state index in [-0.39, 0.29) is 29.1 Å². The van der Waals surface area contributed by atoms with Gasteiger partial charge in [-0.1, -0.05) is 23.2 Å². The molecule has 25 heavy (non-hydrogen) atoms. The standard InChI is InChI=1S/C19H21Cl2NO3/c20-15-2-1-12(8-16(15)21)19(24)25-9-17(23)22-18-13-4-10-3-11(6-13)7-14(18)5-10/h1-2,8,10-11,13-14,18H,3-7,9H2,(H,22,23). The smallest absolute Gasteiger partial charge is 0.338 e. The van der Waals surface area contributed by atoms with E-state index in [1.54, 1.807) is 0 Å². The molecule has 0 heterocycles. The van der Waals surface area contributed by atoms with Crippen LogP contribution in [0.25, 0.3) is 0 Å². The van der Waals surface area contributed by atoms with E-state index in [0.29, 0.717) is 16.9 Å². The Balaban J connectivity index is 1.30. The molecule has 5 rings (SSSR count). The van der Waals surface area contributed by atoms with Crippen molar-refractivity contribution in [1.29, 1.82) is 0 Å². The van der Waals surface area contributed by atoms with Crippen molar-refractivity contribution >= 4 is 35.1 Å². The number of esters is 1. The third-order valence-electron chi connectivity index (χ3n) is 6.04. The summed E-state index contributed by atoms with van der Waals surface area (Å²) in [5, 5.41) is 3.79. The lowest BCUT2D eigenvalue weighted by atomic mass is 9.54. The fourth-order valence-corrected chi connectivity index (χ4v) is 5.52. The number of amides is 1. The number of carbonyl (C=O) groups excluding carboxylic acids is 2. The Morgan fingerprint density at radius 3 is 2.24 bits per heavy atom. The second-order valence-corrected chi connectivity index (χ2v) is 8.54. The summed E-state index contributed by atoms with van der Waals surface area (Å²) >= 11 is 11.7. The molecule has 1 aromatic rings. The van der Waals surface area contributed by atoms with Gasteiger partial charge in [0, 0.05) is 6.04 Å². The van der Waals surface area contributed by atoms with E-state index in [2.05, 4.69) is 5.32 Å². The molecule has 134 valence electrons. The lowest BCUT2D eigenvalue weighted by molar-refractivity contribution is -0.128. The van der Waals surface area contributed by atoms with Crippen molar-refractivity contribution < 1.29 is 14.3 Å². The van der Waals surface area contributed by atoms with Crippen LogP contribution in [-0.2, 0) is 9.53 Å². The molecule has 0 spiro atoms. The monoisotopic (exact) mass is 381 g/mol. The van der Waals surface area contributed by atoms with Gasteiger partial charge in [-0.25, -0.2) is 4.79 Å². The van der Waals surface area contributed by atoms with Gasteiger partial charge in [0.05, 0.1) is 15.6 Å². The number of ether oxygens (including phenoxy) is 1. The molecule has 6 heteroatoms. The van der Waals surface area contributed by atoms with Gasteiger partial charge in [0.15, 0.2) is 6.61 Å². The lowest BCUT2D eigenvalue weighted by Crippen LogP contribution is -2.56. The fraction of sp³-hybridized carbons (Fsp3) is 0.579. The number of rotatable bonds is 4. The Labute approximate surface area is 157 Å². The second kappa shape index (κ2) is 6.81. The molecule has 0 atom stereocenters. The highest BCUT2D eigenvalue weighted by atomic mass is 35.5. The fourth-order valence-electron chi connectivity index (χ4n) is 5.23. The highest BCUT2D eigenvalue weighted by molar-refractivity contribution is 6.42. The number of halogens is 2. The van der Waals surface area contributed by atoms with Gasteiger partial charge in [-0.15, -0.1) is 0 Å². The summed E-state index contributed by atoms with van der Waals surface area (Å²) in [7, 11) is 0. The first-order valence-electron chi connectivity index (χ1n) is 8.91. The normalized spacial score (nSPS) is 32.5. The minimum Gasteiger partial charge on any atom is -0.452 e. The third kappa shape index (κ3) is 3.52. The van der Waals surface area contributed by atoms with Crippen molar-refractivity contribution in [3.8, 4) is 0 Å². The van der Waals surface area contributed by atoms with Gasteiger partial charge in [-0.3, -0.25) is 4.79 Å². The highest BCUT2D eigenvalue weighted by Crippen LogP contribution is 2.53. The molecular formula is C19H21Cl2NO3. The molecule has 0 saturated heterocycles. The van der Waals surface area contributed by atoms with E-state index in [4.69, 9.17) is 27.9 Å². The Morgan fingerprint density at radius 1 is 1.00 bits per heavy atom. The van der Waals surface area contributed by atoms with E-state index in [0.717, 1.165) is 11.8 Å². The second-order valence-electron chi connectivity index (χ2n) is 7.73. The van der Waals surface area contributed by atoms with Crippen LogP contribution in [0.1, 0.15) is 42.5 Å². The summed E-state index contributed by atoms with van der Waals surface area (Å²) in [5.74, 6) is 2.15. The van der Waals surface area contributed by atoms with E-state index in [1.807, 2.05) is 0 Å². The van der Waals surface area contributed by atoms with E-state index in [9.17, 15) is 9.59 Å². The molecule has 1 aromatic carbocycles. The van der Waals surface area contributed by atoms with Crippen molar-refractivity contribution in [3.63, 3.8) is 0 Å². The number of hydrogen-bond donors (Lipinski definition) is 1. The minimum absolute atomic E-state index is 0.217. The average molecular weight is 382 g/mol. The number of benzene rings is 1. The summed E-state index contributed by atoms with van der Waals surface area (Å²) in [5.41, 5.74) is 0.289. The Kier molecular flexibility index (Phi) is 4.67. The van der Waals surface area contributed by atoms with Crippen molar-refractivity contribution in [2.24, 2.45) is 23.7 Å². The van der Waals surface area contributed by atoms with Crippen LogP contribution in [-0.4, -0.2) is 24.5 Å². The Morgan fingerprint density at radius 2 is 1.64 bits per heavy atom. The van der Waals surface area contributed by atoms with Crippen LogP contribution in [0.15, 0.2) is 18.2 Å². The molecule has 1 amide bonds. The molecule has 4 fully saturated rings. The van der Waals surface area contributed by atoms with Gasteiger partial charge in [-0.2, -0.15) is 0 Å². The Bertz CT molecular complexity index is 678. The third-order valence-corrected chi connectivity index (χ3v) is 6.78. The number of nitrogens with one attached hydrogen (secondary N) is 1. The molecule has 0 aromatic heterocycles. The molecule has 0 radical (unpaired) electrons. The maximum Gasteiger partial charge on any atom is 0.338 e. The minimum atomic E-state index is -0.571. The average Bonchev–Trinajstić information content (AvgIpc) is 2.57. The lowest BCUT2D eigenvalue weighted by Gasteiger charge is -2.54. The van der Waals surface area contributed by atoms with E-state index >= 15 is 0 Å². The van der Waals surface area contributed by atoms with Gasteiger partial charge < -0.3 is 10.1 Å². The molecule has 4 bridgehead atoms. The van der Waals surface area contributed by atoms with Crippen LogP contribution in [0.4, 0.5) is 0 Å². The molecular weight excluding hydrogens is 361 g/mol. The molecule has 0 unspecified atom stereocenters. The SMILES string of the molecule is O=C(COC(=O)c1ccc(Cl)c(Cl)c1)NC1C2CC3CC(C2)CC1C3. The summed E-state index contributed by atoms with van der Waals surface area (Å²) < 4.78 is 5.13. The first-order chi connectivity index (χ1) is 12.0. The zero-order chi connectivity index (χ0) is 17.6. The highest BCUT2D eigenvalue weighted by Gasteiger charge is 2.48. The van der Waals surface area contributed by atoms with Crippen molar-refractivity contribution in [1.82, 2.24) is 5.32 Å². The van der Waals surface area contributed by atoms with Crippen molar-refractivity contribution in [2.75, 3.05) is 6.61 Å². The van der Waals surface area contributed by atoms with Gasteiger partial charge in [-0.05, 0) is 74.0 Å². The molecule has 4 nitrogen and oxygen atoms in total. The maximum atomic E-state index is 12.3. The first kappa shape index (κ1) is 17.2. The van der Waals surface area contributed by atoms with Gasteiger partial charge in [0.25, 0.3) is 5.91 Å². The number of carbonyl (C=O) groups is 2. The first-order valence-corrected chi connectivity index (χ1v) is 9.66. The predicted molar refractivity (Wildman–Crippen MR) is 95.7 cm³/mol. The Hall–Kier alpha value is -1.26. The van der Waals surface area contributed by atoms with Gasteiger partial charge in [0.2, 0.25) is 0 Å². The van der Waals surface area contributed by atoms with Crippen LogP contribution in [0.3, 0.4) is 0 Å². The van der Waals surface area contributed by atoms with E-state index in [1.165, 1.54) is 50.3 Å². The van der Waals surface area contributed by atoms with Crippen LogP contribution in [0.5, 0.6) is 0 Å². The van der Waals surface area contributed by atoms with Gasteiger partial charge in [0.1, 0.15) is 0 Å². The predicted octanol–water partition coefficient (Wildman–Crippen LogP) is 4.09. The summed E-state index contributed by atoms with van der Waals surface area (Å²) in [6, 6.07) is 4.77. The molecule has 4 aliphatic rings. The summed E-state index contributed by atoms with van der Waals surface area (Å²) in [4.78, 5) is 24.3.